The Labute approximate surface area is 112 Å². The summed E-state index contributed by atoms with van der Waals surface area (Å²) in [6.07, 6.45) is 2.38. The molecule has 1 aliphatic rings. The van der Waals surface area contributed by atoms with E-state index in [2.05, 4.69) is 52.4 Å². The molecule has 2 nitrogen and oxygen atoms in total. The average Bonchev–Trinajstić information content (AvgIpc) is 2.39. The van der Waals surface area contributed by atoms with Crippen molar-refractivity contribution in [2.75, 3.05) is 13.2 Å². The number of rotatable bonds is 4. The molecule has 0 amide bonds. The molecule has 1 saturated heterocycles. The van der Waals surface area contributed by atoms with Gasteiger partial charge in [0.25, 0.3) is 0 Å². The molecule has 0 bridgehead atoms. The predicted octanol–water partition coefficient (Wildman–Crippen LogP) is 3.35. The van der Waals surface area contributed by atoms with E-state index in [4.69, 9.17) is 4.74 Å². The lowest BCUT2D eigenvalue weighted by molar-refractivity contribution is 0.0558. The van der Waals surface area contributed by atoms with Crippen LogP contribution in [0.4, 0.5) is 0 Å². The van der Waals surface area contributed by atoms with Crippen molar-refractivity contribution in [1.29, 1.82) is 0 Å². The van der Waals surface area contributed by atoms with Gasteiger partial charge in [-0.05, 0) is 43.4 Å². The average molecular weight is 298 g/mol. The van der Waals surface area contributed by atoms with Crippen molar-refractivity contribution in [3.8, 4) is 0 Å². The molecule has 1 unspecified atom stereocenters. The Morgan fingerprint density at radius 3 is 2.59 bits per heavy atom. The summed E-state index contributed by atoms with van der Waals surface area (Å²) in [5.41, 5.74) is 1.34. The molecule has 1 fully saturated rings. The van der Waals surface area contributed by atoms with E-state index >= 15 is 0 Å². The Balaban J connectivity index is 1.78. The number of hydrogen-bond acceptors (Lipinski definition) is 2. The zero-order valence-electron chi connectivity index (χ0n) is 10.3. The van der Waals surface area contributed by atoms with Crippen molar-refractivity contribution < 1.29 is 4.74 Å². The van der Waals surface area contributed by atoms with Gasteiger partial charge in [0.1, 0.15) is 0 Å². The fourth-order valence-electron chi connectivity index (χ4n) is 2.26. The first-order valence-corrected chi connectivity index (χ1v) is 7.10. The lowest BCUT2D eigenvalue weighted by Crippen LogP contribution is -2.36. The third kappa shape index (κ3) is 4.09. The molecule has 1 atom stereocenters. The van der Waals surface area contributed by atoms with Gasteiger partial charge in [0.05, 0.1) is 0 Å². The monoisotopic (exact) mass is 297 g/mol. The molecule has 0 aromatic heterocycles. The number of ether oxygens (including phenoxy) is 1. The van der Waals surface area contributed by atoms with Crippen LogP contribution in [0, 0.1) is 5.92 Å². The van der Waals surface area contributed by atoms with E-state index in [0.717, 1.165) is 30.1 Å². The van der Waals surface area contributed by atoms with Crippen molar-refractivity contribution in [3.63, 3.8) is 0 Å². The first-order chi connectivity index (χ1) is 8.25. The van der Waals surface area contributed by atoms with Crippen LogP contribution < -0.4 is 5.32 Å². The highest BCUT2D eigenvalue weighted by atomic mass is 79.9. The third-order valence-corrected chi connectivity index (χ3v) is 4.04. The smallest absolute Gasteiger partial charge is 0.0469 e. The SMILES string of the molecule is CC(NCc1ccc(Br)cc1)C1CCOCC1. The zero-order chi connectivity index (χ0) is 12.1. The van der Waals surface area contributed by atoms with Crippen molar-refractivity contribution in [1.82, 2.24) is 5.32 Å². The van der Waals surface area contributed by atoms with E-state index in [1.165, 1.54) is 18.4 Å². The van der Waals surface area contributed by atoms with Crippen LogP contribution in [0.25, 0.3) is 0 Å². The van der Waals surface area contributed by atoms with Gasteiger partial charge in [0.15, 0.2) is 0 Å². The molecular weight excluding hydrogens is 278 g/mol. The molecule has 1 aromatic rings. The fraction of sp³-hybridized carbons (Fsp3) is 0.571. The second-order valence-corrected chi connectivity index (χ2v) is 5.66. The normalized spacial score (nSPS) is 19.2. The summed E-state index contributed by atoms with van der Waals surface area (Å²) in [6.45, 7) is 5.09. The van der Waals surface area contributed by atoms with Gasteiger partial charge in [-0.15, -0.1) is 0 Å². The topological polar surface area (TPSA) is 21.3 Å². The van der Waals surface area contributed by atoms with Crippen LogP contribution in [0.3, 0.4) is 0 Å². The van der Waals surface area contributed by atoms with Crippen LogP contribution in [-0.4, -0.2) is 19.3 Å². The van der Waals surface area contributed by atoms with Crippen LogP contribution in [-0.2, 0) is 11.3 Å². The summed E-state index contributed by atoms with van der Waals surface area (Å²) in [5, 5.41) is 3.62. The van der Waals surface area contributed by atoms with Crippen molar-refractivity contribution >= 4 is 15.9 Å². The summed E-state index contributed by atoms with van der Waals surface area (Å²) < 4.78 is 6.53. The second-order valence-electron chi connectivity index (χ2n) is 4.75. The summed E-state index contributed by atoms with van der Waals surface area (Å²) in [6, 6.07) is 9.08. The largest absolute Gasteiger partial charge is 0.381 e. The minimum atomic E-state index is 0.572. The Morgan fingerprint density at radius 1 is 1.29 bits per heavy atom. The van der Waals surface area contributed by atoms with Gasteiger partial charge in [-0.3, -0.25) is 0 Å². The summed E-state index contributed by atoms with van der Waals surface area (Å²) in [4.78, 5) is 0. The van der Waals surface area contributed by atoms with Gasteiger partial charge in [0.2, 0.25) is 0 Å². The minimum absolute atomic E-state index is 0.572. The Morgan fingerprint density at radius 2 is 1.94 bits per heavy atom. The minimum Gasteiger partial charge on any atom is -0.381 e. The molecule has 1 aliphatic heterocycles. The van der Waals surface area contributed by atoms with Gasteiger partial charge in [-0.1, -0.05) is 28.1 Å². The highest BCUT2D eigenvalue weighted by Gasteiger charge is 2.19. The van der Waals surface area contributed by atoms with E-state index in [9.17, 15) is 0 Å². The van der Waals surface area contributed by atoms with Crippen LogP contribution in [0.2, 0.25) is 0 Å². The molecule has 0 saturated carbocycles. The standard InChI is InChI=1S/C14H20BrNO/c1-11(13-6-8-17-9-7-13)16-10-12-2-4-14(15)5-3-12/h2-5,11,13,16H,6-10H2,1H3. The lowest BCUT2D eigenvalue weighted by atomic mass is 9.93. The molecule has 94 valence electrons. The highest BCUT2D eigenvalue weighted by Crippen LogP contribution is 2.19. The van der Waals surface area contributed by atoms with Gasteiger partial charge in [-0.2, -0.15) is 0 Å². The van der Waals surface area contributed by atoms with Crippen LogP contribution in [0.1, 0.15) is 25.3 Å². The van der Waals surface area contributed by atoms with Crippen molar-refractivity contribution in [2.45, 2.75) is 32.4 Å². The molecule has 1 heterocycles. The molecule has 1 aromatic carbocycles. The fourth-order valence-corrected chi connectivity index (χ4v) is 2.53. The van der Waals surface area contributed by atoms with E-state index in [1.807, 2.05) is 0 Å². The molecule has 1 N–H and O–H groups in total. The molecular formula is C14H20BrNO. The van der Waals surface area contributed by atoms with Crippen LogP contribution in [0.15, 0.2) is 28.7 Å². The first-order valence-electron chi connectivity index (χ1n) is 6.31. The van der Waals surface area contributed by atoms with Gasteiger partial charge in [0, 0.05) is 30.3 Å². The van der Waals surface area contributed by atoms with E-state index in [-0.39, 0.29) is 0 Å². The van der Waals surface area contributed by atoms with Gasteiger partial charge < -0.3 is 10.1 Å². The van der Waals surface area contributed by atoms with E-state index in [1.54, 1.807) is 0 Å². The van der Waals surface area contributed by atoms with Gasteiger partial charge >= 0.3 is 0 Å². The quantitative estimate of drug-likeness (QED) is 0.920. The Bertz CT molecular complexity index is 333. The molecule has 0 spiro atoms. The first kappa shape index (κ1) is 13.1. The maximum Gasteiger partial charge on any atom is 0.0469 e. The predicted molar refractivity (Wildman–Crippen MR) is 74.0 cm³/mol. The van der Waals surface area contributed by atoms with Crippen LogP contribution in [0.5, 0.6) is 0 Å². The molecule has 0 aliphatic carbocycles. The Kier molecular flexibility index (Phi) is 5.01. The molecule has 0 radical (unpaired) electrons. The maximum absolute atomic E-state index is 5.39. The van der Waals surface area contributed by atoms with Crippen LogP contribution >= 0.6 is 15.9 Å². The van der Waals surface area contributed by atoms with Gasteiger partial charge in [-0.25, -0.2) is 0 Å². The summed E-state index contributed by atoms with van der Waals surface area (Å²) in [7, 11) is 0. The third-order valence-electron chi connectivity index (χ3n) is 3.51. The molecule has 3 heteroatoms. The van der Waals surface area contributed by atoms with E-state index < -0.39 is 0 Å². The highest BCUT2D eigenvalue weighted by molar-refractivity contribution is 9.10. The van der Waals surface area contributed by atoms with E-state index in [0.29, 0.717) is 6.04 Å². The Hall–Kier alpha value is -0.380. The summed E-state index contributed by atoms with van der Waals surface area (Å²) in [5.74, 6) is 0.763. The lowest BCUT2D eigenvalue weighted by Gasteiger charge is -2.28. The number of hydrogen-bond donors (Lipinski definition) is 1. The maximum atomic E-state index is 5.39. The summed E-state index contributed by atoms with van der Waals surface area (Å²) >= 11 is 3.45. The van der Waals surface area contributed by atoms with Crippen molar-refractivity contribution in [3.05, 3.63) is 34.3 Å². The second kappa shape index (κ2) is 6.53. The zero-order valence-corrected chi connectivity index (χ0v) is 11.9. The molecule has 17 heavy (non-hydrogen) atoms. The molecule has 2 rings (SSSR count). The number of halogens is 1. The van der Waals surface area contributed by atoms with Crippen molar-refractivity contribution in [2.24, 2.45) is 5.92 Å². The number of benzene rings is 1. The number of nitrogens with one attached hydrogen (secondary N) is 1.